The molecule has 4 nitrogen and oxygen atoms in total. The van der Waals surface area contributed by atoms with Crippen LogP contribution in [0.3, 0.4) is 0 Å². The number of hydrogen-bond donors (Lipinski definition) is 1. The van der Waals surface area contributed by atoms with Crippen molar-refractivity contribution in [3.8, 4) is 0 Å². The van der Waals surface area contributed by atoms with Gasteiger partial charge in [-0.1, -0.05) is 23.4 Å². The molecule has 1 aromatic heterocycles. The number of nitrogens with zero attached hydrogens (tertiary/aromatic N) is 2. The summed E-state index contributed by atoms with van der Waals surface area (Å²) in [5.41, 5.74) is 0.660. The first-order valence-electron chi connectivity index (χ1n) is 5.06. The van der Waals surface area contributed by atoms with E-state index in [1.54, 1.807) is 12.1 Å². The predicted molar refractivity (Wildman–Crippen MR) is 56.1 cm³/mol. The molecule has 84 valence electrons. The number of rotatable bonds is 5. The molecular weight excluding hydrogens is 209 g/mol. The number of aromatic nitrogens is 2. The van der Waals surface area contributed by atoms with Crippen LogP contribution >= 0.6 is 0 Å². The smallest absolute Gasteiger partial charge is 0.227 e. The first-order chi connectivity index (χ1) is 7.86. The molecule has 0 fully saturated rings. The third-order valence-corrected chi connectivity index (χ3v) is 2.20. The van der Waals surface area contributed by atoms with Crippen molar-refractivity contribution in [3.63, 3.8) is 0 Å². The van der Waals surface area contributed by atoms with Crippen molar-refractivity contribution in [1.29, 1.82) is 0 Å². The van der Waals surface area contributed by atoms with Gasteiger partial charge in [-0.05, 0) is 6.07 Å². The van der Waals surface area contributed by atoms with Gasteiger partial charge in [-0.3, -0.25) is 0 Å². The molecule has 0 saturated carbocycles. The second-order valence-electron chi connectivity index (χ2n) is 3.35. The molecule has 16 heavy (non-hydrogen) atoms. The molecule has 0 saturated heterocycles. The zero-order valence-corrected chi connectivity index (χ0v) is 8.69. The molecule has 1 aromatic carbocycles. The summed E-state index contributed by atoms with van der Waals surface area (Å²) >= 11 is 0. The Labute approximate surface area is 92.5 Å². The molecule has 0 aliphatic carbocycles. The van der Waals surface area contributed by atoms with Gasteiger partial charge in [0.15, 0.2) is 6.33 Å². The highest BCUT2D eigenvalue weighted by Gasteiger charge is 2.01. The van der Waals surface area contributed by atoms with Gasteiger partial charge in [-0.15, -0.1) is 0 Å². The van der Waals surface area contributed by atoms with Crippen LogP contribution in [0.4, 0.5) is 4.39 Å². The van der Waals surface area contributed by atoms with Gasteiger partial charge in [0.1, 0.15) is 5.82 Å². The van der Waals surface area contributed by atoms with Crippen molar-refractivity contribution in [2.75, 3.05) is 6.54 Å². The fourth-order valence-electron chi connectivity index (χ4n) is 1.37. The van der Waals surface area contributed by atoms with Gasteiger partial charge < -0.3 is 9.84 Å². The molecule has 0 bridgehead atoms. The number of hydrogen-bond acceptors (Lipinski definition) is 4. The van der Waals surface area contributed by atoms with Crippen LogP contribution < -0.4 is 5.32 Å². The number of halogens is 1. The highest BCUT2D eigenvalue weighted by atomic mass is 19.1. The Balaban J connectivity index is 1.74. The third kappa shape index (κ3) is 2.87. The van der Waals surface area contributed by atoms with Crippen molar-refractivity contribution < 1.29 is 8.91 Å². The topological polar surface area (TPSA) is 51.0 Å². The molecule has 0 unspecified atom stereocenters. The molecule has 1 N–H and O–H groups in total. The Morgan fingerprint density at radius 1 is 1.31 bits per heavy atom. The van der Waals surface area contributed by atoms with Crippen LogP contribution in [0, 0.1) is 5.82 Å². The minimum atomic E-state index is -0.187. The molecule has 5 heteroatoms. The standard InChI is InChI=1S/C11H12FN3O/c12-10-4-2-1-3-9(10)7-13-6-5-11-14-8-15-16-11/h1-4,8,13H,5-7H2. The molecule has 0 aliphatic rings. The maximum atomic E-state index is 13.2. The van der Waals surface area contributed by atoms with E-state index in [1.807, 2.05) is 6.07 Å². The van der Waals surface area contributed by atoms with Gasteiger partial charge in [-0.25, -0.2) is 4.39 Å². The summed E-state index contributed by atoms with van der Waals surface area (Å²) in [5, 5.41) is 6.61. The Morgan fingerprint density at radius 2 is 2.19 bits per heavy atom. The minimum absolute atomic E-state index is 0.187. The maximum absolute atomic E-state index is 13.2. The summed E-state index contributed by atoms with van der Waals surface area (Å²) in [5.74, 6) is 0.397. The Kier molecular flexibility index (Phi) is 3.61. The third-order valence-electron chi connectivity index (χ3n) is 2.20. The normalized spacial score (nSPS) is 10.6. The van der Waals surface area contributed by atoms with E-state index >= 15 is 0 Å². The van der Waals surface area contributed by atoms with Gasteiger partial charge in [0.05, 0.1) is 0 Å². The van der Waals surface area contributed by atoms with Crippen LogP contribution in [-0.2, 0) is 13.0 Å². The van der Waals surface area contributed by atoms with Crippen molar-refractivity contribution >= 4 is 0 Å². The van der Waals surface area contributed by atoms with E-state index in [2.05, 4.69) is 15.5 Å². The molecule has 0 spiro atoms. The van der Waals surface area contributed by atoms with Crippen LogP contribution in [0.15, 0.2) is 35.1 Å². The maximum Gasteiger partial charge on any atom is 0.227 e. The number of benzene rings is 1. The van der Waals surface area contributed by atoms with Crippen LogP contribution in [0.25, 0.3) is 0 Å². The number of nitrogens with one attached hydrogen (secondary N) is 1. The largest absolute Gasteiger partial charge is 0.340 e. The SMILES string of the molecule is Fc1ccccc1CNCCc1ncno1. The highest BCUT2D eigenvalue weighted by Crippen LogP contribution is 2.05. The quantitative estimate of drug-likeness (QED) is 0.778. The lowest BCUT2D eigenvalue weighted by Gasteiger charge is -2.03. The zero-order valence-electron chi connectivity index (χ0n) is 8.69. The van der Waals surface area contributed by atoms with E-state index in [9.17, 15) is 4.39 Å². The van der Waals surface area contributed by atoms with Crippen molar-refractivity contribution in [3.05, 3.63) is 47.9 Å². The summed E-state index contributed by atoms with van der Waals surface area (Å²) in [4.78, 5) is 3.89. The summed E-state index contributed by atoms with van der Waals surface area (Å²) < 4.78 is 18.0. The van der Waals surface area contributed by atoms with Crippen LogP contribution in [0.1, 0.15) is 11.5 Å². The van der Waals surface area contributed by atoms with Crippen LogP contribution in [0.5, 0.6) is 0 Å². The predicted octanol–water partition coefficient (Wildman–Crippen LogP) is 1.54. The second kappa shape index (κ2) is 5.37. The summed E-state index contributed by atoms with van der Waals surface area (Å²) in [7, 11) is 0. The molecule has 2 aromatic rings. The average molecular weight is 221 g/mol. The van der Waals surface area contributed by atoms with E-state index in [-0.39, 0.29) is 5.82 Å². The second-order valence-corrected chi connectivity index (χ2v) is 3.35. The summed E-state index contributed by atoms with van der Waals surface area (Å²) in [6.07, 6.45) is 2.01. The van der Waals surface area contributed by atoms with Crippen LogP contribution in [-0.4, -0.2) is 16.7 Å². The van der Waals surface area contributed by atoms with Gasteiger partial charge >= 0.3 is 0 Å². The van der Waals surface area contributed by atoms with Gasteiger partial charge in [-0.2, -0.15) is 4.98 Å². The molecule has 1 heterocycles. The monoisotopic (exact) mass is 221 g/mol. The Hall–Kier alpha value is -1.75. The van der Waals surface area contributed by atoms with Gasteiger partial charge in [0, 0.05) is 25.1 Å². The fraction of sp³-hybridized carbons (Fsp3) is 0.273. The van der Waals surface area contributed by atoms with Crippen molar-refractivity contribution in [2.45, 2.75) is 13.0 Å². The zero-order chi connectivity index (χ0) is 11.2. The molecule has 2 rings (SSSR count). The van der Waals surface area contributed by atoms with Crippen molar-refractivity contribution in [2.24, 2.45) is 0 Å². The van der Waals surface area contributed by atoms with Crippen molar-refractivity contribution in [1.82, 2.24) is 15.5 Å². The first-order valence-corrected chi connectivity index (χ1v) is 5.06. The van der Waals surface area contributed by atoms with E-state index < -0.39 is 0 Å². The van der Waals surface area contributed by atoms with E-state index in [0.29, 0.717) is 31.0 Å². The van der Waals surface area contributed by atoms with E-state index in [1.165, 1.54) is 12.4 Å². The lowest BCUT2D eigenvalue weighted by molar-refractivity contribution is 0.374. The van der Waals surface area contributed by atoms with Gasteiger partial charge in [0.2, 0.25) is 5.89 Å². The molecule has 0 atom stereocenters. The van der Waals surface area contributed by atoms with E-state index in [4.69, 9.17) is 4.52 Å². The fourth-order valence-corrected chi connectivity index (χ4v) is 1.37. The van der Waals surface area contributed by atoms with Gasteiger partial charge in [0.25, 0.3) is 0 Å². The Bertz CT molecular complexity index is 431. The lowest BCUT2D eigenvalue weighted by Crippen LogP contribution is -2.17. The molecule has 0 aliphatic heterocycles. The highest BCUT2D eigenvalue weighted by molar-refractivity contribution is 5.16. The first kappa shape index (κ1) is 10.8. The van der Waals surface area contributed by atoms with Crippen LogP contribution in [0.2, 0.25) is 0 Å². The molecular formula is C11H12FN3O. The molecule has 0 amide bonds. The summed E-state index contributed by atoms with van der Waals surface area (Å²) in [6, 6.07) is 6.71. The Morgan fingerprint density at radius 3 is 2.94 bits per heavy atom. The minimum Gasteiger partial charge on any atom is -0.340 e. The average Bonchev–Trinajstić information content (AvgIpc) is 2.79. The summed E-state index contributed by atoms with van der Waals surface area (Å²) in [6.45, 7) is 1.18. The molecule has 0 radical (unpaired) electrons. The lowest BCUT2D eigenvalue weighted by atomic mass is 10.2. The van der Waals surface area contributed by atoms with E-state index in [0.717, 1.165) is 0 Å².